The van der Waals surface area contributed by atoms with Crippen LogP contribution >= 0.6 is 11.6 Å². The van der Waals surface area contributed by atoms with Gasteiger partial charge in [0.2, 0.25) is 0 Å². The highest BCUT2D eigenvalue weighted by molar-refractivity contribution is 6.31. The summed E-state index contributed by atoms with van der Waals surface area (Å²) >= 11 is 6.03. The zero-order valence-electron chi connectivity index (χ0n) is 13.3. The molecule has 2 N–H and O–H groups in total. The summed E-state index contributed by atoms with van der Waals surface area (Å²) in [5.41, 5.74) is -0.328. The van der Waals surface area contributed by atoms with Gasteiger partial charge in [0.05, 0.1) is 0 Å². The van der Waals surface area contributed by atoms with Crippen LogP contribution in [0.2, 0.25) is 5.02 Å². The van der Waals surface area contributed by atoms with E-state index in [1.165, 1.54) is 6.07 Å². The van der Waals surface area contributed by atoms with Crippen molar-refractivity contribution in [3.63, 3.8) is 0 Å². The van der Waals surface area contributed by atoms with Crippen LogP contribution in [0.25, 0.3) is 0 Å². The molecule has 134 valence electrons. The van der Waals surface area contributed by atoms with E-state index in [9.17, 15) is 23.2 Å². The van der Waals surface area contributed by atoms with Gasteiger partial charge in [0.15, 0.2) is 0 Å². The van der Waals surface area contributed by atoms with E-state index < -0.39 is 29.2 Å². The van der Waals surface area contributed by atoms with Crippen molar-refractivity contribution in [3.8, 4) is 0 Å². The molecule has 0 atom stereocenters. The lowest BCUT2D eigenvalue weighted by molar-refractivity contribution is -0.146. The van der Waals surface area contributed by atoms with Crippen molar-refractivity contribution in [2.75, 3.05) is 6.54 Å². The van der Waals surface area contributed by atoms with Gasteiger partial charge in [-0.15, -0.1) is 0 Å². The van der Waals surface area contributed by atoms with Crippen molar-refractivity contribution in [1.82, 2.24) is 10.6 Å². The highest BCUT2D eigenvalue weighted by Crippen LogP contribution is 2.34. The summed E-state index contributed by atoms with van der Waals surface area (Å²) in [4.78, 5) is 35.2. The molecule has 3 amide bonds. The molecule has 0 fully saturated rings. The van der Waals surface area contributed by atoms with Gasteiger partial charge in [-0.1, -0.05) is 29.8 Å². The van der Waals surface area contributed by atoms with Crippen LogP contribution in [-0.4, -0.2) is 24.3 Å². The van der Waals surface area contributed by atoms with Gasteiger partial charge >= 0.3 is 11.8 Å². The number of hydrogen-bond donors (Lipinski definition) is 2. The first-order valence-electron chi connectivity index (χ1n) is 7.70. The fourth-order valence-electron chi connectivity index (χ4n) is 2.63. The van der Waals surface area contributed by atoms with E-state index >= 15 is 0 Å². The Bertz CT molecular complexity index is 915. The zero-order valence-corrected chi connectivity index (χ0v) is 14.1. The third kappa shape index (κ3) is 3.30. The summed E-state index contributed by atoms with van der Waals surface area (Å²) in [6.07, 6.45) is 0.466. The lowest BCUT2D eigenvalue weighted by Gasteiger charge is -2.24. The molecular weight excluding hydrogens is 366 g/mol. The molecule has 0 spiro atoms. The van der Waals surface area contributed by atoms with Gasteiger partial charge in [0, 0.05) is 28.3 Å². The smallest absolute Gasteiger partial charge is 0.351 e. The molecule has 0 aliphatic carbocycles. The second-order valence-electron chi connectivity index (χ2n) is 5.72. The molecule has 0 aromatic heterocycles. The monoisotopic (exact) mass is 378 g/mol. The van der Waals surface area contributed by atoms with Crippen molar-refractivity contribution in [3.05, 3.63) is 69.7 Å². The second kappa shape index (κ2) is 6.84. The molecule has 2 aromatic carbocycles. The minimum atomic E-state index is -3.88. The maximum Gasteiger partial charge on any atom is 0.351 e. The van der Waals surface area contributed by atoms with Crippen molar-refractivity contribution >= 4 is 29.3 Å². The lowest BCUT2D eigenvalue weighted by atomic mass is 9.94. The Hall–Kier alpha value is -2.80. The predicted molar refractivity (Wildman–Crippen MR) is 90.3 cm³/mol. The molecule has 2 aromatic rings. The molecule has 3 rings (SSSR count). The summed E-state index contributed by atoms with van der Waals surface area (Å²) in [6, 6.07) is 10.4. The molecule has 0 bridgehead atoms. The number of carbonyl (C=O) groups excluding carboxylic acids is 3. The van der Waals surface area contributed by atoms with E-state index in [-0.39, 0.29) is 17.7 Å². The van der Waals surface area contributed by atoms with Crippen LogP contribution in [0.3, 0.4) is 0 Å². The van der Waals surface area contributed by atoms with Crippen LogP contribution in [0, 0.1) is 0 Å². The van der Waals surface area contributed by atoms with E-state index in [0.29, 0.717) is 11.4 Å². The van der Waals surface area contributed by atoms with Gasteiger partial charge in [-0.25, -0.2) is 0 Å². The Morgan fingerprint density at radius 2 is 1.88 bits per heavy atom. The second-order valence-corrected chi connectivity index (χ2v) is 6.12. The fourth-order valence-corrected chi connectivity index (χ4v) is 2.86. The number of alkyl halides is 2. The molecule has 5 nitrogen and oxygen atoms in total. The van der Waals surface area contributed by atoms with E-state index in [2.05, 4.69) is 5.32 Å². The van der Waals surface area contributed by atoms with Crippen LogP contribution in [-0.2, 0) is 17.1 Å². The summed E-state index contributed by atoms with van der Waals surface area (Å²) in [7, 11) is 0. The van der Waals surface area contributed by atoms with Crippen molar-refractivity contribution < 1.29 is 23.2 Å². The summed E-state index contributed by atoms with van der Waals surface area (Å²) in [6.45, 7) is 0.245. The van der Waals surface area contributed by atoms with Crippen molar-refractivity contribution in [2.24, 2.45) is 0 Å². The number of halogens is 3. The van der Waals surface area contributed by atoms with Gasteiger partial charge in [0.1, 0.15) is 0 Å². The molecule has 0 saturated carbocycles. The van der Waals surface area contributed by atoms with E-state index in [0.717, 1.165) is 17.7 Å². The van der Waals surface area contributed by atoms with Crippen LogP contribution in [0.1, 0.15) is 31.8 Å². The molecule has 8 heteroatoms. The highest BCUT2D eigenvalue weighted by Gasteiger charge is 2.48. The van der Waals surface area contributed by atoms with Crippen molar-refractivity contribution in [2.45, 2.75) is 12.3 Å². The first-order chi connectivity index (χ1) is 12.3. The van der Waals surface area contributed by atoms with E-state index in [1.54, 1.807) is 17.4 Å². The average molecular weight is 379 g/mol. The summed E-state index contributed by atoms with van der Waals surface area (Å²) < 4.78 is 28.0. The Labute approximate surface area is 152 Å². The zero-order chi connectivity index (χ0) is 18.9. The minimum absolute atomic E-state index is 0.0647. The lowest BCUT2D eigenvalue weighted by Crippen LogP contribution is -2.47. The predicted octanol–water partition coefficient (Wildman–Crippen LogP) is 2.67. The quantitative estimate of drug-likeness (QED) is 0.803. The Morgan fingerprint density at radius 1 is 1.15 bits per heavy atom. The Morgan fingerprint density at radius 3 is 2.62 bits per heavy atom. The van der Waals surface area contributed by atoms with Crippen LogP contribution < -0.4 is 10.6 Å². The van der Waals surface area contributed by atoms with Crippen LogP contribution in [0.4, 0.5) is 8.78 Å². The number of nitrogens with one attached hydrogen (secondary N) is 2. The Kier molecular flexibility index (Phi) is 4.73. The van der Waals surface area contributed by atoms with Gasteiger partial charge < -0.3 is 5.32 Å². The van der Waals surface area contributed by atoms with Gasteiger partial charge in [-0.05, 0) is 36.2 Å². The number of amides is 3. The summed E-state index contributed by atoms with van der Waals surface area (Å²) in [5.74, 6) is -7.08. The number of carbonyl (C=O) groups is 3. The number of benzene rings is 2. The largest absolute Gasteiger partial charge is 0.352 e. The van der Waals surface area contributed by atoms with E-state index in [4.69, 9.17) is 11.6 Å². The number of fused-ring (bicyclic) bond motifs is 1. The number of imide groups is 1. The molecule has 0 unspecified atom stereocenters. The van der Waals surface area contributed by atoms with E-state index in [1.807, 2.05) is 12.1 Å². The molecular formula is C18H13ClF2N2O3. The highest BCUT2D eigenvalue weighted by atomic mass is 35.5. The average Bonchev–Trinajstić information content (AvgIpc) is 2.61. The molecule has 1 aliphatic heterocycles. The first-order valence-corrected chi connectivity index (χ1v) is 8.08. The molecule has 0 radical (unpaired) electrons. The molecule has 26 heavy (non-hydrogen) atoms. The number of rotatable bonds is 4. The van der Waals surface area contributed by atoms with Gasteiger partial charge in [0.25, 0.3) is 11.8 Å². The number of hydrogen-bond acceptors (Lipinski definition) is 3. The summed E-state index contributed by atoms with van der Waals surface area (Å²) in [5, 5.41) is 4.76. The third-order valence-corrected chi connectivity index (χ3v) is 4.38. The standard InChI is InChI=1S/C18H13ClF2N2O3/c19-14-4-2-1-3-10(14)7-8-22-15(24)11-5-6-12-13(9-11)18(20,21)17(26)23-16(12)25/h1-6,9H,7-8H2,(H,22,24)(H,23,25,26). The first kappa shape index (κ1) is 18.0. The SMILES string of the molecule is O=C(NCCc1ccccc1Cl)c1ccc2c(c1)C(F)(F)C(=O)NC2=O. The molecule has 1 aliphatic rings. The Balaban J connectivity index is 1.75. The van der Waals surface area contributed by atoms with Crippen molar-refractivity contribution in [1.29, 1.82) is 0 Å². The fraction of sp³-hybridized carbons (Fsp3) is 0.167. The normalized spacial score (nSPS) is 15.2. The molecule has 1 heterocycles. The van der Waals surface area contributed by atoms with Crippen LogP contribution in [0.15, 0.2) is 42.5 Å². The molecule has 0 saturated heterocycles. The van der Waals surface area contributed by atoms with Crippen LogP contribution in [0.5, 0.6) is 0 Å². The maximum absolute atomic E-state index is 14.0. The topological polar surface area (TPSA) is 75.3 Å². The third-order valence-electron chi connectivity index (χ3n) is 4.01. The maximum atomic E-state index is 14.0. The van der Waals surface area contributed by atoms with Gasteiger partial charge in [-0.2, -0.15) is 8.78 Å². The minimum Gasteiger partial charge on any atom is -0.352 e. The van der Waals surface area contributed by atoms with Gasteiger partial charge in [-0.3, -0.25) is 19.7 Å².